The van der Waals surface area contributed by atoms with Crippen LogP contribution in [-0.2, 0) is 5.41 Å². The Morgan fingerprint density at radius 1 is 1.48 bits per heavy atom. The van der Waals surface area contributed by atoms with E-state index in [1.54, 1.807) is 4.90 Å². The van der Waals surface area contributed by atoms with E-state index in [1.807, 2.05) is 39.0 Å². The van der Waals surface area contributed by atoms with Crippen LogP contribution in [-0.4, -0.2) is 40.2 Å². The molecule has 3 rings (SSSR count). The second-order valence-corrected chi connectivity index (χ2v) is 7.05. The van der Waals surface area contributed by atoms with Crippen LogP contribution in [0.4, 0.5) is 10.5 Å². The molecule has 2 aromatic rings. The molecule has 1 unspecified atom stereocenters. The highest BCUT2D eigenvalue weighted by Crippen LogP contribution is 2.27. The van der Waals surface area contributed by atoms with Crippen LogP contribution in [0.15, 0.2) is 22.6 Å². The fourth-order valence-electron chi connectivity index (χ4n) is 2.81. The summed E-state index contributed by atoms with van der Waals surface area (Å²) in [5.41, 5.74) is 1.96. The van der Waals surface area contributed by atoms with E-state index in [2.05, 4.69) is 10.3 Å². The average molecular weight is 317 g/mol. The largest absolute Gasteiger partial charge is 0.440 e. The molecule has 0 aliphatic carbocycles. The first-order valence-corrected chi connectivity index (χ1v) is 7.98. The minimum atomic E-state index is -0.180. The number of aliphatic hydroxyl groups excluding tert-OH is 1. The lowest BCUT2D eigenvalue weighted by atomic mass is 9.97. The first-order valence-electron chi connectivity index (χ1n) is 7.98. The molecule has 1 atom stereocenters. The molecule has 1 fully saturated rings. The van der Waals surface area contributed by atoms with E-state index in [-0.39, 0.29) is 24.1 Å². The second-order valence-electron chi connectivity index (χ2n) is 7.05. The predicted molar refractivity (Wildman–Crippen MR) is 88.5 cm³/mol. The summed E-state index contributed by atoms with van der Waals surface area (Å²) in [6.45, 7) is 6.82. The Kier molecular flexibility index (Phi) is 4.02. The Bertz CT molecular complexity index is 717. The highest BCUT2D eigenvalue weighted by molar-refractivity contribution is 5.92. The fourth-order valence-corrected chi connectivity index (χ4v) is 2.81. The molecule has 1 aromatic heterocycles. The van der Waals surface area contributed by atoms with Crippen LogP contribution in [0, 0.1) is 0 Å². The molecular weight excluding hydrogens is 294 g/mol. The van der Waals surface area contributed by atoms with Gasteiger partial charge in [0.25, 0.3) is 0 Å². The molecule has 124 valence electrons. The van der Waals surface area contributed by atoms with Crippen LogP contribution < -0.4 is 5.32 Å². The third kappa shape index (κ3) is 3.17. The zero-order valence-corrected chi connectivity index (χ0v) is 13.8. The Labute approximate surface area is 135 Å². The average Bonchev–Trinajstić information content (AvgIpc) is 3.12. The highest BCUT2D eigenvalue weighted by atomic mass is 16.3. The number of aromatic nitrogens is 1. The molecule has 0 spiro atoms. The Balaban J connectivity index is 1.79. The molecule has 0 saturated carbocycles. The zero-order valence-electron chi connectivity index (χ0n) is 13.8. The van der Waals surface area contributed by atoms with Gasteiger partial charge in [0, 0.05) is 17.6 Å². The van der Waals surface area contributed by atoms with Gasteiger partial charge in [-0.15, -0.1) is 0 Å². The lowest BCUT2D eigenvalue weighted by molar-refractivity contribution is 0.166. The predicted octanol–water partition coefficient (Wildman–Crippen LogP) is 3.11. The number of oxazole rings is 1. The van der Waals surface area contributed by atoms with Gasteiger partial charge in [0.1, 0.15) is 5.52 Å². The van der Waals surface area contributed by atoms with Gasteiger partial charge in [-0.3, -0.25) is 0 Å². The molecular formula is C17H23N3O3. The molecule has 2 heterocycles. The van der Waals surface area contributed by atoms with Crippen LogP contribution in [0.1, 0.15) is 39.5 Å². The van der Waals surface area contributed by atoms with Gasteiger partial charge in [-0.05, 0) is 31.0 Å². The molecule has 1 saturated heterocycles. The van der Waals surface area contributed by atoms with Gasteiger partial charge in [-0.1, -0.05) is 20.8 Å². The number of anilines is 1. The minimum Gasteiger partial charge on any atom is -0.440 e. The van der Waals surface area contributed by atoms with E-state index < -0.39 is 0 Å². The van der Waals surface area contributed by atoms with Crippen molar-refractivity contribution in [3.63, 3.8) is 0 Å². The van der Waals surface area contributed by atoms with Crippen LogP contribution >= 0.6 is 0 Å². The summed E-state index contributed by atoms with van der Waals surface area (Å²) in [5, 5.41) is 12.2. The van der Waals surface area contributed by atoms with Crippen molar-refractivity contribution in [2.24, 2.45) is 0 Å². The second kappa shape index (κ2) is 5.85. The van der Waals surface area contributed by atoms with E-state index in [1.165, 1.54) is 0 Å². The monoisotopic (exact) mass is 317 g/mol. The van der Waals surface area contributed by atoms with E-state index >= 15 is 0 Å². The summed E-state index contributed by atoms with van der Waals surface area (Å²) in [6, 6.07) is 5.18. The number of benzene rings is 1. The summed E-state index contributed by atoms with van der Waals surface area (Å²) in [5.74, 6) is 0.677. The normalized spacial score (nSPS) is 18.6. The summed E-state index contributed by atoms with van der Waals surface area (Å²) in [7, 11) is 0. The van der Waals surface area contributed by atoms with Crippen molar-refractivity contribution in [1.29, 1.82) is 0 Å². The number of urea groups is 1. The third-order valence-corrected chi connectivity index (χ3v) is 4.13. The van der Waals surface area contributed by atoms with Gasteiger partial charge < -0.3 is 19.7 Å². The molecule has 2 amide bonds. The molecule has 6 heteroatoms. The number of hydrogen-bond acceptors (Lipinski definition) is 4. The maximum atomic E-state index is 12.3. The van der Waals surface area contributed by atoms with Crippen LogP contribution in [0.2, 0.25) is 0 Å². The highest BCUT2D eigenvalue weighted by Gasteiger charge is 2.28. The first kappa shape index (κ1) is 15.8. The Morgan fingerprint density at radius 3 is 2.96 bits per heavy atom. The molecule has 2 N–H and O–H groups in total. The number of fused-ring (bicyclic) bond motifs is 1. The number of hydrogen-bond donors (Lipinski definition) is 2. The van der Waals surface area contributed by atoms with E-state index in [0.717, 1.165) is 18.4 Å². The summed E-state index contributed by atoms with van der Waals surface area (Å²) < 4.78 is 5.76. The van der Waals surface area contributed by atoms with E-state index in [4.69, 9.17) is 4.42 Å². The lowest BCUT2D eigenvalue weighted by Gasteiger charge is -2.23. The van der Waals surface area contributed by atoms with Crippen molar-refractivity contribution in [1.82, 2.24) is 9.88 Å². The number of nitrogens with zero attached hydrogens (tertiary/aromatic N) is 2. The number of rotatable bonds is 2. The zero-order chi connectivity index (χ0) is 16.6. The number of carbonyl (C=O) groups excluding carboxylic acids is 1. The number of aliphatic hydroxyl groups is 1. The van der Waals surface area contributed by atoms with Crippen molar-refractivity contribution >= 4 is 22.8 Å². The van der Waals surface area contributed by atoms with Gasteiger partial charge in [0.15, 0.2) is 5.58 Å². The van der Waals surface area contributed by atoms with Crippen molar-refractivity contribution in [2.45, 2.75) is 45.1 Å². The molecule has 1 aliphatic heterocycles. The standard InChI is InChI=1S/C17H23N3O3/c1-17(2,3)15-19-13-9-11(6-7-14(13)23-15)18-16(22)20-8-4-5-12(20)10-21/h6-7,9,12,21H,4-5,8,10H2,1-3H3,(H,18,22). The summed E-state index contributed by atoms with van der Waals surface area (Å²) >= 11 is 0. The van der Waals surface area contributed by atoms with Crippen LogP contribution in [0.3, 0.4) is 0 Å². The first-order chi connectivity index (χ1) is 10.9. The summed E-state index contributed by atoms with van der Waals surface area (Å²) in [4.78, 5) is 18.5. The van der Waals surface area contributed by atoms with Gasteiger partial charge in [-0.2, -0.15) is 0 Å². The van der Waals surface area contributed by atoms with Crippen molar-refractivity contribution in [3.8, 4) is 0 Å². The molecule has 6 nitrogen and oxygen atoms in total. The Hall–Kier alpha value is -2.08. The summed E-state index contributed by atoms with van der Waals surface area (Å²) in [6.07, 6.45) is 1.77. The maximum absolute atomic E-state index is 12.3. The van der Waals surface area contributed by atoms with Gasteiger partial charge in [0.2, 0.25) is 5.89 Å². The van der Waals surface area contributed by atoms with Gasteiger partial charge >= 0.3 is 6.03 Å². The van der Waals surface area contributed by atoms with Crippen LogP contribution in [0.5, 0.6) is 0 Å². The van der Waals surface area contributed by atoms with Crippen molar-refractivity contribution < 1.29 is 14.3 Å². The topological polar surface area (TPSA) is 78.6 Å². The lowest BCUT2D eigenvalue weighted by Crippen LogP contribution is -2.40. The minimum absolute atomic E-state index is 0.00465. The smallest absolute Gasteiger partial charge is 0.322 e. The quantitative estimate of drug-likeness (QED) is 0.892. The number of nitrogens with one attached hydrogen (secondary N) is 1. The number of likely N-dealkylation sites (tertiary alicyclic amines) is 1. The molecule has 0 bridgehead atoms. The van der Waals surface area contributed by atoms with Gasteiger partial charge in [-0.25, -0.2) is 9.78 Å². The molecule has 1 aliphatic rings. The SMILES string of the molecule is CC(C)(C)c1nc2cc(NC(=O)N3CCCC3CO)ccc2o1. The number of carbonyl (C=O) groups is 1. The maximum Gasteiger partial charge on any atom is 0.322 e. The molecule has 1 aromatic carbocycles. The fraction of sp³-hybridized carbons (Fsp3) is 0.529. The Morgan fingerprint density at radius 2 is 2.26 bits per heavy atom. The van der Waals surface area contributed by atoms with E-state index in [9.17, 15) is 9.90 Å². The van der Waals surface area contributed by atoms with Crippen molar-refractivity contribution in [2.75, 3.05) is 18.5 Å². The van der Waals surface area contributed by atoms with E-state index in [0.29, 0.717) is 23.7 Å². The molecule has 0 radical (unpaired) electrons. The van der Waals surface area contributed by atoms with Gasteiger partial charge in [0.05, 0.1) is 12.6 Å². The van der Waals surface area contributed by atoms with Crippen molar-refractivity contribution in [3.05, 3.63) is 24.1 Å². The third-order valence-electron chi connectivity index (χ3n) is 4.13. The van der Waals surface area contributed by atoms with Crippen LogP contribution in [0.25, 0.3) is 11.1 Å². The number of amides is 2. The molecule has 23 heavy (non-hydrogen) atoms.